The molecule has 1 aliphatic heterocycles. The number of benzene rings is 1. The minimum Gasteiger partial charge on any atom is -0.387 e. The molecule has 1 aliphatic carbocycles. The molecule has 2 aromatic rings. The lowest BCUT2D eigenvalue weighted by molar-refractivity contribution is -0.115. The summed E-state index contributed by atoms with van der Waals surface area (Å²) in [6, 6.07) is 11.6. The number of fused-ring (bicyclic) bond motifs is 1. The van der Waals surface area contributed by atoms with Crippen LogP contribution in [0.3, 0.4) is 0 Å². The van der Waals surface area contributed by atoms with E-state index in [1.165, 1.54) is 47.5 Å². The van der Waals surface area contributed by atoms with Crippen molar-refractivity contribution >= 4 is 28.9 Å². The monoisotopic (exact) mass is 397 g/mol. The number of nitrogens with zero attached hydrogens (tertiary/aromatic N) is 1. The zero-order valence-electron chi connectivity index (χ0n) is 15.6. The van der Waals surface area contributed by atoms with Gasteiger partial charge in [0.15, 0.2) is 11.8 Å². The maximum absolute atomic E-state index is 12.5. The molecule has 6 nitrogen and oxygen atoms in total. The second kappa shape index (κ2) is 8.56. The van der Waals surface area contributed by atoms with E-state index in [1.54, 1.807) is 0 Å². The van der Waals surface area contributed by atoms with E-state index in [9.17, 15) is 9.59 Å². The Morgan fingerprint density at radius 3 is 2.57 bits per heavy atom. The number of carbonyl (C=O) groups is 2. The van der Waals surface area contributed by atoms with Crippen molar-refractivity contribution in [2.75, 3.05) is 0 Å². The van der Waals surface area contributed by atoms with Crippen LogP contribution in [0.1, 0.15) is 63.9 Å². The molecule has 0 saturated carbocycles. The standard InChI is InChI=1S/C21H23N3O3S/c25-20(16-13-17(27-24-16)14-8-5-3-6-9-14)22-23-21(26)19-12-15-10-4-1-2-7-11-18(15)28-19/h3,5-6,8-9,12,17H,1-2,4,7,10-11,13H2,(H,22,25)(H,23,26)/t17-/m0/s1. The van der Waals surface area contributed by atoms with Crippen LogP contribution in [0, 0.1) is 0 Å². The summed E-state index contributed by atoms with van der Waals surface area (Å²) < 4.78 is 0. The third-order valence-electron chi connectivity index (χ3n) is 5.11. The first-order valence-electron chi connectivity index (χ1n) is 9.70. The lowest BCUT2D eigenvalue weighted by Gasteiger charge is -2.08. The average Bonchev–Trinajstić information content (AvgIpc) is 3.34. The second-order valence-corrected chi connectivity index (χ2v) is 8.27. The molecule has 1 aromatic heterocycles. The van der Waals surface area contributed by atoms with Gasteiger partial charge in [-0.05, 0) is 42.9 Å². The van der Waals surface area contributed by atoms with E-state index >= 15 is 0 Å². The van der Waals surface area contributed by atoms with E-state index in [0.29, 0.717) is 11.3 Å². The van der Waals surface area contributed by atoms with Crippen molar-refractivity contribution < 1.29 is 14.4 Å². The van der Waals surface area contributed by atoms with Gasteiger partial charge in [0, 0.05) is 11.3 Å². The van der Waals surface area contributed by atoms with Gasteiger partial charge in [0.05, 0.1) is 4.88 Å². The molecule has 146 valence electrons. The number of thiophene rings is 1. The van der Waals surface area contributed by atoms with Gasteiger partial charge in [-0.3, -0.25) is 20.4 Å². The number of oxime groups is 1. The Bertz CT molecular complexity index is 866. The first kappa shape index (κ1) is 18.7. The summed E-state index contributed by atoms with van der Waals surface area (Å²) in [7, 11) is 0. The molecule has 28 heavy (non-hydrogen) atoms. The zero-order valence-corrected chi connectivity index (χ0v) is 16.4. The molecule has 0 spiro atoms. The van der Waals surface area contributed by atoms with Crippen LogP contribution in [0.25, 0.3) is 0 Å². The first-order valence-corrected chi connectivity index (χ1v) is 10.5. The molecular weight excluding hydrogens is 374 g/mol. The second-order valence-electron chi connectivity index (χ2n) is 7.13. The van der Waals surface area contributed by atoms with E-state index in [1.807, 2.05) is 36.4 Å². The SMILES string of the molecule is O=C(NNC(=O)c1cc2c(s1)CCCCCC2)C1=NO[C@H](c2ccccc2)C1. The number of hydrogen-bond acceptors (Lipinski definition) is 5. The van der Waals surface area contributed by atoms with Gasteiger partial charge in [-0.15, -0.1) is 11.3 Å². The number of aryl methyl sites for hydroxylation is 2. The van der Waals surface area contributed by atoms with Crippen molar-refractivity contribution in [1.29, 1.82) is 0 Å². The number of hydrogen-bond donors (Lipinski definition) is 2. The van der Waals surface area contributed by atoms with Gasteiger partial charge in [-0.25, -0.2) is 0 Å². The molecule has 2 amide bonds. The van der Waals surface area contributed by atoms with E-state index in [-0.39, 0.29) is 17.7 Å². The van der Waals surface area contributed by atoms with Crippen LogP contribution in [0.2, 0.25) is 0 Å². The predicted molar refractivity (Wildman–Crippen MR) is 108 cm³/mol. The maximum atomic E-state index is 12.5. The van der Waals surface area contributed by atoms with Crippen molar-refractivity contribution in [3.63, 3.8) is 0 Å². The normalized spacial score (nSPS) is 18.9. The highest BCUT2D eigenvalue weighted by Crippen LogP contribution is 2.29. The summed E-state index contributed by atoms with van der Waals surface area (Å²) in [6.07, 6.45) is 7.02. The van der Waals surface area contributed by atoms with Gasteiger partial charge in [-0.2, -0.15) is 0 Å². The fourth-order valence-electron chi connectivity index (χ4n) is 3.56. The van der Waals surface area contributed by atoms with Crippen molar-refractivity contribution in [3.8, 4) is 0 Å². The minimum absolute atomic E-state index is 0.269. The van der Waals surface area contributed by atoms with Gasteiger partial charge in [0.25, 0.3) is 11.8 Å². The lowest BCUT2D eigenvalue weighted by Crippen LogP contribution is -2.44. The van der Waals surface area contributed by atoms with Gasteiger partial charge >= 0.3 is 0 Å². The summed E-state index contributed by atoms with van der Waals surface area (Å²) in [4.78, 5) is 32.1. The van der Waals surface area contributed by atoms with Crippen molar-refractivity contribution in [1.82, 2.24) is 10.9 Å². The number of nitrogens with one attached hydrogen (secondary N) is 2. The largest absolute Gasteiger partial charge is 0.387 e. The Kier molecular flexibility index (Phi) is 5.71. The molecule has 7 heteroatoms. The third-order valence-corrected chi connectivity index (χ3v) is 6.35. The molecule has 4 rings (SSSR count). The van der Waals surface area contributed by atoms with Crippen molar-refractivity contribution in [3.05, 3.63) is 57.3 Å². The number of hydrazine groups is 1. The van der Waals surface area contributed by atoms with Gasteiger partial charge < -0.3 is 4.84 Å². The van der Waals surface area contributed by atoms with E-state index in [4.69, 9.17) is 4.84 Å². The van der Waals surface area contributed by atoms with Crippen LogP contribution in [0.4, 0.5) is 0 Å². The van der Waals surface area contributed by atoms with Crippen LogP contribution >= 0.6 is 11.3 Å². The van der Waals surface area contributed by atoms with Crippen LogP contribution in [0.15, 0.2) is 41.6 Å². The highest BCUT2D eigenvalue weighted by atomic mass is 32.1. The molecule has 0 saturated heterocycles. The Labute approximate surface area is 167 Å². The molecule has 1 aromatic carbocycles. The smallest absolute Gasteiger partial charge is 0.287 e. The van der Waals surface area contributed by atoms with E-state index in [0.717, 1.165) is 18.4 Å². The highest BCUT2D eigenvalue weighted by molar-refractivity contribution is 7.14. The number of amides is 2. The molecular formula is C21H23N3O3S. The van der Waals surface area contributed by atoms with Gasteiger partial charge in [0.1, 0.15) is 0 Å². The average molecular weight is 398 g/mol. The first-order chi connectivity index (χ1) is 13.7. The Morgan fingerprint density at radius 1 is 1.00 bits per heavy atom. The summed E-state index contributed by atoms with van der Waals surface area (Å²) >= 11 is 1.53. The van der Waals surface area contributed by atoms with Crippen molar-refractivity contribution in [2.45, 2.75) is 51.0 Å². The van der Waals surface area contributed by atoms with Gasteiger partial charge in [-0.1, -0.05) is 48.3 Å². The van der Waals surface area contributed by atoms with Crippen LogP contribution in [0.5, 0.6) is 0 Å². The molecule has 0 unspecified atom stereocenters. The van der Waals surface area contributed by atoms with Crippen molar-refractivity contribution in [2.24, 2.45) is 5.16 Å². The molecule has 0 radical (unpaired) electrons. The van der Waals surface area contributed by atoms with Crippen LogP contribution in [-0.2, 0) is 22.5 Å². The molecule has 1 atom stereocenters. The number of rotatable bonds is 3. The summed E-state index contributed by atoms with van der Waals surface area (Å²) in [6.45, 7) is 0. The van der Waals surface area contributed by atoms with Crippen LogP contribution in [-0.4, -0.2) is 17.5 Å². The quantitative estimate of drug-likeness (QED) is 0.776. The van der Waals surface area contributed by atoms with Crippen LogP contribution < -0.4 is 10.9 Å². The summed E-state index contributed by atoms with van der Waals surface area (Å²) in [5.74, 6) is -0.731. The molecule has 2 heterocycles. The molecule has 0 bridgehead atoms. The zero-order chi connectivity index (χ0) is 19.3. The fraction of sp³-hybridized carbons (Fsp3) is 0.381. The van der Waals surface area contributed by atoms with E-state index < -0.39 is 5.91 Å². The molecule has 0 fully saturated rings. The lowest BCUT2D eigenvalue weighted by atomic mass is 10.00. The summed E-state index contributed by atoms with van der Waals surface area (Å²) in [5.41, 5.74) is 7.48. The molecule has 2 N–H and O–H groups in total. The topological polar surface area (TPSA) is 79.8 Å². The predicted octanol–water partition coefficient (Wildman–Crippen LogP) is 3.69. The fourth-order valence-corrected chi connectivity index (χ4v) is 4.71. The Balaban J connectivity index is 1.31. The van der Waals surface area contributed by atoms with E-state index in [2.05, 4.69) is 16.0 Å². The third kappa shape index (κ3) is 4.25. The Hall–Kier alpha value is -2.67. The van der Waals surface area contributed by atoms with Gasteiger partial charge in [0.2, 0.25) is 0 Å². The number of carbonyl (C=O) groups excluding carboxylic acids is 2. The molecule has 2 aliphatic rings. The maximum Gasteiger partial charge on any atom is 0.287 e. The summed E-state index contributed by atoms with van der Waals surface area (Å²) in [5, 5.41) is 3.87. The minimum atomic E-state index is -0.443. The Morgan fingerprint density at radius 2 is 1.75 bits per heavy atom. The highest BCUT2D eigenvalue weighted by Gasteiger charge is 2.27.